The van der Waals surface area contributed by atoms with Gasteiger partial charge in [-0.05, 0) is 44.7 Å². The van der Waals surface area contributed by atoms with E-state index in [0.29, 0.717) is 5.92 Å². The molecule has 1 unspecified atom stereocenters. The van der Waals surface area contributed by atoms with Gasteiger partial charge in [0, 0.05) is 12.5 Å². The van der Waals surface area contributed by atoms with E-state index in [9.17, 15) is 0 Å². The highest BCUT2D eigenvalue weighted by Crippen LogP contribution is 2.39. The first-order valence-corrected chi connectivity index (χ1v) is 9.15. The van der Waals surface area contributed by atoms with E-state index in [2.05, 4.69) is 20.6 Å². The topological polar surface area (TPSA) is 29.0 Å². The Morgan fingerprint density at radius 3 is 2.60 bits per heavy atom. The van der Waals surface area contributed by atoms with Crippen LogP contribution in [0.5, 0.6) is 0 Å². The van der Waals surface area contributed by atoms with Crippen LogP contribution >= 0.6 is 11.7 Å². The Labute approximate surface area is 127 Å². The lowest BCUT2D eigenvalue weighted by Crippen LogP contribution is -2.46. The van der Waals surface area contributed by atoms with E-state index in [1.165, 1.54) is 87.7 Å². The van der Waals surface area contributed by atoms with Gasteiger partial charge in [-0.1, -0.05) is 32.6 Å². The molecule has 3 aliphatic heterocycles. The summed E-state index contributed by atoms with van der Waals surface area (Å²) in [6.07, 6.45) is 10.6. The van der Waals surface area contributed by atoms with Crippen molar-refractivity contribution in [2.75, 3.05) is 19.6 Å². The molecule has 3 nitrogen and oxygen atoms in total. The van der Waals surface area contributed by atoms with Gasteiger partial charge in [0.15, 0.2) is 0 Å². The van der Waals surface area contributed by atoms with Crippen LogP contribution in [0.15, 0.2) is 0 Å². The van der Waals surface area contributed by atoms with E-state index in [1.807, 2.05) is 0 Å². The number of unbranched alkanes of at least 4 members (excludes halogenated alkanes) is 4. The van der Waals surface area contributed by atoms with E-state index in [-0.39, 0.29) is 0 Å². The maximum Gasteiger partial charge on any atom is 0.0821 e. The average molecular weight is 293 g/mol. The molecule has 3 aliphatic rings. The zero-order chi connectivity index (χ0) is 13.8. The molecule has 4 heteroatoms. The third-order valence-corrected chi connectivity index (χ3v) is 5.69. The second-order valence-electron chi connectivity index (χ2n) is 6.50. The predicted molar refractivity (Wildman–Crippen MR) is 84.3 cm³/mol. The van der Waals surface area contributed by atoms with Gasteiger partial charge in [0.05, 0.1) is 23.1 Å². The van der Waals surface area contributed by atoms with Crippen LogP contribution in [0.3, 0.4) is 0 Å². The van der Waals surface area contributed by atoms with E-state index < -0.39 is 0 Å². The van der Waals surface area contributed by atoms with Crippen molar-refractivity contribution in [2.24, 2.45) is 5.92 Å². The van der Waals surface area contributed by atoms with E-state index in [4.69, 9.17) is 0 Å². The molecule has 3 fully saturated rings. The first-order chi connectivity index (χ1) is 9.88. The molecular formula is C16H27N3S. The third kappa shape index (κ3) is 3.22. The quantitative estimate of drug-likeness (QED) is 0.715. The van der Waals surface area contributed by atoms with Gasteiger partial charge in [0.25, 0.3) is 0 Å². The molecule has 20 heavy (non-hydrogen) atoms. The monoisotopic (exact) mass is 293 g/mol. The van der Waals surface area contributed by atoms with Crippen molar-refractivity contribution in [2.45, 2.75) is 64.2 Å². The Morgan fingerprint density at radius 2 is 1.90 bits per heavy atom. The van der Waals surface area contributed by atoms with E-state index in [1.54, 1.807) is 0 Å². The highest BCUT2D eigenvalue weighted by Gasteiger charge is 2.37. The Kier molecular flexibility index (Phi) is 5.05. The Bertz CT molecular complexity index is 410. The van der Waals surface area contributed by atoms with E-state index in [0.717, 1.165) is 12.3 Å². The maximum absolute atomic E-state index is 4.68. The molecule has 0 N–H and O–H groups in total. The Hall–Kier alpha value is -0.480. The summed E-state index contributed by atoms with van der Waals surface area (Å²) in [5.74, 6) is 1.56. The largest absolute Gasteiger partial charge is 0.303 e. The molecule has 0 saturated carbocycles. The molecule has 1 aromatic heterocycles. The van der Waals surface area contributed by atoms with Crippen LogP contribution in [-0.4, -0.2) is 33.3 Å². The molecule has 112 valence electrons. The van der Waals surface area contributed by atoms with Crippen molar-refractivity contribution in [3.05, 3.63) is 11.4 Å². The van der Waals surface area contributed by atoms with Crippen LogP contribution in [0.1, 0.15) is 69.2 Å². The van der Waals surface area contributed by atoms with Gasteiger partial charge >= 0.3 is 0 Å². The van der Waals surface area contributed by atoms with Crippen molar-refractivity contribution in [3.8, 4) is 0 Å². The molecule has 4 rings (SSSR count). The van der Waals surface area contributed by atoms with Crippen molar-refractivity contribution in [3.63, 3.8) is 0 Å². The van der Waals surface area contributed by atoms with Crippen molar-refractivity contribution >= 4 is 11.7 Å². The molecule has 0 aromatic carbocycles. The SMILES string of the molecule is CCCCCCCc1nsnc1C1CN2CCC1CC2. The molecule has 0 spiro atoms. The number of hydrogen-bond acceptors (Lipinski definition) is 4. The second kappa shape index (κ2) is 6.99. The number of nitrogens with zero attached hydrogens (tertiary/aromatic N) is 3. The predicted octanol–water partition coefficient (Wildman–Crippen LogP) is 3.86. The van der Waals surface area contributed by atoms with Crippen LogP contribution in [-0.2, 0) is 6.42 Å². The number of piperidine rings is 3. The van der Waals surface area contributed by atoms with Crippen LogP contribution in [0.2, 0.25) is 0 Å². The number of hydrogen-bond donors (Lipinski definition) is 0. The van der Waals surface area contributed by atoms with Crippen LogP contribution < -0.4 is 0 Å². The number of rotatable bonds is 7. The summed E-state index contributed by atoms with van der Waals surface area (Å²) in [5.41, 5.74) is 2.69. The van der Waals surface area contributed by atoms with Gasteiger partial charge in [-0.25, -0.2) is 0 Å². The van der Waals surface area contributed by atoms with Crippen LogP contribution in [0, 0.1) is 5.92 Å². The standard InChI is InChI=1S/C16H27N3S/c1-2-3-4-5-6-7-15-16(18-20-17-15)14-12-19-10-8-13(14)9-11-19/h13-14H,2-12H2,1H3. The zero-order valence-corrected chi connectivity index (χ0v) is 13.5. The second-order valence-corrected chi connectivity index (χ2v) is 7.03. The minimum atomic E-state index is 0.682. The molecule has 1 atom stereocenters. The normalized spacial score (nSPS) is 28.9. The maximum atomic E-state index is 4.68. The van der Waals surface area contributed by atoms with Crippen molar-refractivity contribution < 1.29 is 0 Å². The highest BCUT2D eigenvalue weighted by molar-refractivity contribution is 6.99. The van der Waals surface area contributed by atoms with Gasteiger partial charge in [0.1, 0.15) is 0 Å². The molecule has 0 aliphatic carbocycles. The summed E-state index contributed by atoms with van der Waals surface area (Å²) in [6, 6.07) is 0. The van der Waals surface area contributed by atoms with Crippen molar-refractivity contribution in [1.82, 2.24) is 13.6 Å². The minimum Gasteiger partial charge on any atom is -0.303 e. The van der Waals surface area contributed by atoms with Gasteiger partial charge in [-0.15, -0.1) is 0 Å². The summed E-state index contributed by atoms with van der Waals surface area (Å²) >= 11 is 1.44. The Morgan fingerprint density at radius 1 is 1.10 bits per heavy atom. The van der Waals surface area contributed by atoms with Gasteiger partial charge in [-0.3, -0.25) is 0 Å². The molecular weight excluding hydrogens is 266 g/mol. The summed E-state index contributed by atoms with van der Waals surface area (Å²) < 4.78 is 9.28. The lowest BCUT2D eigenvalue weighted by atomic mass is 9.77. The number of aryl methyl sites for hydroxylation is 1. The molecule has 0 amide bonds. The fourth-order valence-electron chi connectivity index (χ4n) is 3.84. The molecule has 2 bridgehead atoms. The first-order valence-electron chi connectivity index (χ1n) is 8.42. The van der Waals surface area contributed by atoms with Crippen LogP contribution in [0.25, 0.3) is 0 Å². The lowest BCUT2D eigenvalue weighted by Gasteiger charge is -2.44. The lowest BCUT2D eigenvalue weighted by molar-refractivity contribution is 0.0853. The summed E-state index contributed by atoms with van der Waals surface area (Å²) in [5, 5.41) is 0. The highest BCUT2D eigenvalue weighted by atomic mass is 32.1. The fourth-order valence-corrected chi connectivity index (χ4v) is 4.49. The zero-order valence-electron chi connectivity index (χ0n) is 12.7. The van der Waals surface area contributed by atoms with Crippen LogP contribution in [0.4, 0.5) is 0 Å². The fraction of sp³-hybridized carbons (Fsp3) is 0.875. The van der Waals surface area contributed by atoms with Gasteiger partial charge in [-0.2, -0.15) is 8.75 Å². The summed E-state index contributed by atoms with van der Waals surface area (Å²) in [4.78, 5) is 2.62. The first kappa shape index (κ1) is 14.5. The molecule has 4 heterocycles. The molecule has 1 aromatic rings. The Balaban J connectivity index is 1.56. The van der Waals surface area contributed by atoms with Gasteiger partial charge in [0.2, 0.25) is 0 Å². The van der Waals surface area contributed by atoms with E-state index >= 15 is 0 Å². The van der Waals surface area contributed by atoms with Crippen molar-refractivity contribution in [1.29, 1.82) is 0 Å². The third-order valence-electron chi connectivity index (χ3n) is 5.11. The molecule has 3 saturated heterocycles. The summed E-state index contributed by atoms with van der Waals surface area (Å²) in [7, 11) is 0. The summed E-state index contributed by atoms with van der Waals surface area (Å²) in [6.45, 7) is 6.13. The molecule has 0 radical (unpaired) electrons. The minimum absolute atomic E-state index is 0.682. The number of aromatic nitrogens is 2. The van der Waals surface area contributed by atoms with Gasteiger partial charge < -0.3 is 4.90 Å². The smallest absolute Gasteiger partial charge is 0.0821 e. The average Bonchev–Trinajstić information content (AvgIpc) is 2.96. The number of fused-ring (bicyclic) bond motifs is 3.